The van der Waals surface area contributed by atoms with Gasteiger partial charge in [-0.2, -0.15) is 10.5 Å². The van der Waals surface area contributed by atoms with Crippen LogP contribution in [0.1, 0.15) is 31.2 Å². The normalized spacial score (nSPS) is 22.8. The minimum absolute atomic E-state index is 0.0792. The zero-order valence-corrected chi connectivity index (χ0v) is 10.6. The van der Waals surface area contributed by atoms with Gasteiger partial charge in [-0.1, -0.05) is 25.0 Å². The maximum Gasteiger partial charge on any atom is 0.101 e. The molecule has 0 spiro atoms. The van der Waals surface area contributed by atoms with Gasteiger partial charge in [0.15, 0.2) is 0 Å². The van der Waals surface area contributed by atoms with Crippen LogP contribution in [0.3, 0.4) is 0 Å². The molecule has 1 saturated carbocycles. The van der Waals surface area contributed by atoms with Crippen LogP contribution in [0.5, 0.6) is 0 Å². The summed E-state index contributed by atoms with van der Waals surface area (Å²) in [5.74, 6) is 0.0792. The highest BCUT2D eigenvalue weighted by Crippen LogP contribution is 2.31. The second-order valence-corrected chi connectivity index (χ2v) is 4.83. The molecule has 0 bridgehead atoms. The zero-order valence-electron chi connectivity index (χ0n) is 10.6. The molecule has 3 heteroatoms. The van der Waals surface area contributed by atoms with E-state index >= 15 is 0 Å². The van der Waals surface area contributed by atoms with E-state index in [1.165, 1.54) is 6.42 Å². The molecule has 2 atom stereocenters. The third-order valence-corrected chi connectivity index (χ3v) is 3.80. The third-order valence-electron chi connectivity index (χ3n) is 3.80. The van der Waals surface area contributed by atoms with E-state index in [0.717, 1.165) is 24.9 Å². The Hall–Kier alpha value is -2.00. The first-order chi connectivity index (χ1) is 8.77. The van der Waals surface area contributed by atoms with E-state index in [9.17, 15) is 5.26 Å². The summed E-state index contributed by atoms with van der Waals surface area (Å²) in [4.78, 5) is 2.12. The predicted molar refractivity (Wildman–Crippen MR) is 70.9 cm³/mol. The number of para-hydroxylation sites is 1. The molecule has 0 aromatic heterocycles. The molecular weight excluding hydrogens is 222 g/mol. The molecule has 3 nitrogen and oxygen atoms in total. The summed E-state index contributed by atoms with van der Waals surface area (Å²) in [6, 6.07) is 12.5. The second kappa shape index (κ2) is 5.56. The Morgan fingerprint density at radius 3 is 2.61 bits per heavy atom. The number of nitrogens with zero attached hydrogens (tertiary/aromatic N) is 3. The first-order valence-corrected chi connectivity index (χ1v) is 6.39. The average molecular weight is 239 g/mol. The standard InChI is InChI=1S/C15H17N3/c1-18(14-8-4-2-6-12(14)10-16)15-9-5-3-7-13(15)11-17/h2,4,6,8,13,15H,3,5,7,9H2,1H3. The maximum atomic E-state index is 9.24. The lowest BCUT2D eigenvalue weighted by Crippen LogP contribution is -2.40. The number of hydrogen-bond acceptors (Lipinski definition) is 3. The second-order valence-electron chi connectivity index (χ2n) is 4.83. The molecule has 1 aliphatic rings. The molecule has 1 aromatic rings. The summed E-state index contributed by atoms with van der Waals surface area (Å²) in [7, 11) is 2.00. The summed E-state index contributed by atoms with van der Waals surface area (Å²) in [5, 5.41) is 18.4. The average Bonchev–Trinajstić information content (AvgIpc) is 2.46. The van der Waals surface area contributed by atoms with Crippen LogP contribution in [0.2, 0.25) is 0 Å². The highest BCUT2D eigenvalue weighted by atomic mass is 15.1. The molecule has 2 unspecified atom stereocenters. The molecule has 1 fully saturated rings. The van der Waals surface area contributed by atoms with E-state index in [1.807, 2.05) is 31.3 Å². The fourth-order valence-electron chi connectivity index (χ4n) is 2.78. The third kappa shape index (κ3) is 2.31. The number of hydrogen-bond donors (Lipinski definition) is 0. The number of nitriles is 2. The van der Waals surface area contributed by atoms with Gasteiger partial charge >= 0.3 is 0 Å². The van der Waals surface area contributed by atoms with E-state index in [2.05, 4.69) is 17.0 Å². The van der Waals surface area contributed by atoms with Gasteiger partial charge in [0.05, 0.1) is 23.2 Å². The Morgan fingerprint density at radius 2 is 1.89 bits per heavy atom. The molecule has 92 valence electrons. The first-order valence-electron chi connectivity index (χ1n) is 6.39. The first kappa shape index (κ1) is 12.5. The van der Waals surface area contributed by atoms with Crippen LogP contribution >= 0.6 is 0 Å². The highest BCUT2D eigenvalue weighted by molar-refractivity contribution is 5.59. The van der Waals surface area contributed by atoms with Crippen molar-refractivity contribution in [3.63, 3.8) is 0 Å². The summed E-state index contributed by atoms with van der Waals surface area (Å²) in [6.07, 6.45) is 4.32. The van der Waals surface area contributed by atoms with Gasteiger partial charge in [0.1, 0.15) is 6.07 Å². The van der Waals surface area contributed by atoms with Crippen molar-refractivity contribution in [3.05, 3.63) is 29.8 Å². The van der Waals surface area contributed by atoms with Crippen molar-refractivity contribution in [2.75, 3.05) is 11.9 Å². The number of benzene rings is 1. The van der Waals surface area contributed by atoms with Crippen LogP contribution in [0.15, 0.2) is 24.3 Å². The van der Waals surface area contributed by atoms with Crippen molar-refractivity contribution in [1.29, 1.82) is 10.5 Å². The molecule has 18 heavy (non-hydrogen) atoms. The molecule has 1 aliphatic carbocycles. The fraction of sp³-hybridized carbons (Fsp3) is 0.467. The van der Waals surface area contributed by atoms with E-state index < -0.39 is 0 Å². The van der Waals surface area contributed by atoms with Crippen LogP contribution < -0.4 is 4.90 Å². The van der Waals surface area contributed by atoms with E-state index in [4.69, 9.17) is 5.26 Å². The van der Waals surface area contributed by atoms with Crippen molar-refractivity contribution < 1.29 is 0 Å². The molecule has 2 rings (SSSR count). The lowest BCUT2D eigenvalue weighted by Gasteiger charge is -2.36. The molecule has 0 amide bonds. The van der Waals surface area contributed by atoms with Crippen LogP contribution in [-0.4, -0.2) is 13.1 Å². The van der Waals surface area contributed by atoms with Crippen LogP contribution in [-0.2, 0) is 0 Å². The van der Waals surface area contributed by atoms with Crippen molar-refractivity contribution in [1.82, 2.24) is 0 Å². The number of rotatable bonds is 2. The van der Waals surface area contributed by atoms with Gasteiger partial charge in [0.2, 0.25) is 0 Å². The Bertz CT molecular complexity index is 495. The lowest BCUT2D eigenvalue weighted by atomic mass is 9.84. The molecule has 1 aromatic carbocycles. The SMILES string of the molecule is CN(c1ccccc1C#N)C1CCCCC1C#N. The van der Waals surface area contributed by atoms with E-state index in [0.29, 0.717) is 5.56 Å². The van der Waals surface area contributed by atoms with Gasteiger partial charge in [-0.05, 0) is 25.0 Å². The van der Waals surface area contributed by atoms with E-state index in [1.54, 1.807) is 0 Å². The van der Waals surface area contributed by atoms with Crippen molar-refractivity contribution >= 4 is 5.69 Å². The largest absolute Gasteiger partial charge is 0.369 e. The van der Waals surface area contributed by atoms with Gasteiger partial charge in [0, 0.05) is 13.1 Å². The Kier molecular flexibility index (Phi) is 3.85. The Labute approximate surface area is 108 Å². The number of anilines is 1. The minimum Gasteiger partial charge on any atom is -0.369 e. The summed E-state index contributed by atoms with van der Waals surface area (Å²) >= 11 is 0. The summed E-state index contributed by atoms with van der Waals surface area (Å²) in [5.41, 5.74) is 1.62. The van der Waals surface area contributed by atoms with Crippen molar-refractivity contribution in [2.24, 2.45) is 5.92 Å². The van der Waals surface area contributed by atoms with Crippen LogP contribution in [0.4, 0.5) is 5.69 Å². The van der Waals surface area contributed by atoms with Gasteiger partial charge in [-0.15, -0.1) is 0 Å². The van der Waals surface area contributed by atoms with Crippen LogP contribution in [0.25, 0.3) is 0 Å². The van der Waals surface area contributed by atoms with Gasteiger partial charge in [0.25, 0.3) is 0 Å². The van der Waals surface area contributed by atoms with Crippen molar-refractivity contribution in [2.45, 2.75) is 31.7 Å². The zero-order chi connectivity index (χ0) is 13.0. The molecule has 0 heterocycles. The fourth-order valence-corrected chi connectivity index (χ4v) is 2.78. The maximum absolute atomic E-state index is 9.24. The summed E-state index contributed by atoms with van der Waals surface area (Å²) in [6.45, 7) is 0. The molecule has 0 N–H and O–H groups in total. The molecule has 0 aliphatic heterocycles. The quantitative estimate of drug-likeness (QED) is 0.797. The smallest absolute Gasteiger partial charge is 0.101 e. The monoisotopic (exact) mass is 239 g/mol. The topological polar surface area (TPSA) is 50.8 Å². The minimum atomic E-state index is 0.0792. The van der Waals surface area contributed by atoms with E-state index in [-0.39, 0.29) is 12.0 Å². The van der Waals surface area contributed by atoms with Crippen LogP contribution in [0, 0.1) is 28.6 Å². The molecule has 0 saturated heterocycles. The lowest BCUT2D eigenvalue weighted by molar-refractivity contribution is 0.358. The Morgan fingerprint density at radius 1 is 1.17 bits per heavy atom. The molecule has 0 radical (unpaired) electrons. The molecular formula is C15H17N3. The van der Waals surface area contributed by atoms with Crippen molar-refractivity contribution in [3.8, 4) is 12.1 Å². The summed E-state index contributed by atoms with van der Waals surface area (Å²) < 4.78 is 0. The van der Waals surface area contributed by atoms with Gasteiger partial charge < -0.3 is 4.90 Å². The van der Waals surface area contributed by atoms with Gasteiger partial charge in [-0.25, -0.2) is 0 Å². The highest BCUT2D eigenvalue weighted by Gasteiger charge is 2.29. The Balaban J connectivity index is 2.27. The predicted octanol–water partition coefficient (Wildman–Crippen LogP) is 3.08. The van der Waals surface area contributed by atoms with Gasteiger partial charge in [-0.3, -0.25) is 0 Å².